The summed E-state index contributed by atoms with van der Waals surface area (Å²) in [7, 11) is 1.50. The van der Waals surface area contributed by atoms with Crippen LogP contribution in [-0.4, -0.2) is 54.8 Å². The van der Waals surface area contributed by atoms with Crippen LogP contribution in [0.4, 0.5) is 0 Å². The molecular weight excluding hydrogens is 328 g/mol. The number of epoxide rings is 1. The summed E-state index contributed by atoms with van der Waals surface area (Å²) >= 11 is 0. The van der Waals surface area contributed by atoms with Crippen LogP contribution in [0.5, 0.6) is 0 Å². The minimum atomic E-state index is -0.259. The molecule has 5 heteroatoms. The number of ether oxygens (including phenoxy) is 2. The number of para-hydroxylation sites is 1. The highest BCUT2D eigenvalue weighted by atomic mass is 16.6. The Morgan fingerprint density at radius 3 is 3.08 bits per heavy atom. The molecule has 0 amide bonds. The quantitative estimate of drug-likeness (QED) is 0.666. The molecule has 1 N–H and O–H groups in total. The summed E-state index contributed by atoms with van der Waals surface area (Å²) in [6.07, 6.45) is 3.39. The molecule has 2 saturated heterocycles. The monoisotopic (exact) mass is 354 g/mol. The number of hydrogen-bond donors (Lipinski definition) is 1. The third-order valence-corrected chi connectivity index (χ3v) is 6.84. The summed E-state index contributed by atoms with van der Waals surface area (Å²) in [4.78, 5) is 18.9. The summed E-state index contributed by atoms with van der Waals surface area (Å²) < 4.78 is 11.3. The molecule has 0 saturated carbocycles. The topological polar surface area (TPSA) is 57.9 Å². The van der Waals surface area contributed by atoms with Gasteiger partial charge in [-0.3, -0.25) is 9.69 Å². The molecule has 5 rings (SSSR count). The zero-order valence-electron chi connectivity index (χ0n) is 15.5. The predicted octanol–water partition coefficient (Wildman–Crippen LogP) is 2.85. The van der Waals surface area contributed by atoms with Crippen LogP contribution in [-0.2, 0) is 20.7 Å². The van der Waals surface area contributed by atoms with Crippen molar-refractivity contribution in [2.24, 2.45) is 5.41 Å². The van der Waals surface area contributed by atoms with Gasteiger partial charge >= 0.3 is 5.97 Å². The fraction of sp³-hybridized carbons (Fsp3) is 0.571. The average Bonchev–Trinajstić information content (AvgIpc) is 3.36. The average molecular weight is 354 g/mol. The fourth-order valence-corrected chi connectivity index (χ4v) is 5.39. The number of piperidine rings is 1. The minimum Gasteiger partial charge on any atom is -0.469 e. The van der Waals surface area contributed by atoms with E-state index in [4.69, 9.17) is 9.47 Å². The lowest BCUT2D eigenvalue weighted by molar-refractivity contribution is -0.143. The molecule has 2 fully saturated rings. The highest BCUT2D eigenvalue weighted by Crippen LogP contribution is 2.52. The summed E-state index contributed by atoms with van der Waals surface area (Å²) in [5.41, 5.74) is 3.47. The highest BCUT2D eigenvalue weighted by Gasteiger charge is 2.59. The second kappa shape index (κ2) is 5.83. The van der Waals surface area contributed by atoms with E-state index in [-0.39, 0.29) is 17.3 Å². The third-order valence-electron chi connectivity index (χ3n) is 6.84. The van der Waals surface area contributed by atoms with Crippen LogP contribution < -0.4 is 0 Å². The maximum Gasteiger partial charge on any atom is 0.314 e. The second-order valence-corrected chi connectivity index (χ2v) is 8.14. The maximum absolute atomic E-state index is 12.8. The first kappa shape index (κ1) is 16.3. The Morgan fingerprint density at radius 2 is 2.27 bits per heavy atom. The number of carbonyl (C=O) groups excluding carboxylic acids is 1. The first-order valence-corrected chi connectivity index (χ1v) is 9.70. The summed E-state index contributed by atoms with van der Waals surface area (Å²) in [6.45, 7) is 5.28. The van der Waals surface area contributed by atoms with E-state index in [1.807, 2.05) is 6.07 Å². The van der Waals surface area contributed by atoms with Crippen LogP contribution in [0.3, 0.4) is 0 Å². The van der Waals surface area contributed by atoms with Crippen LogP contribution in [0.1, 0.15) is 36.9 Å². The fourth-order valence-electron chi connectivity index (χ4n) is 5.39. The van der Waals surface area contributed by atoms with Crippen LogP contribution in [0.15, 0.2) is 24.3 Å². The molecule has 3 aliphatic rings. The van der Waals surface area contributed by atoms with Gasteiger partial charge in [-0.2, -0.15) is 0 Å². The highest BCUT2D eigenvalue weighted by molar-refractivity contribution is 5.88. The van der Waals surface area contributed by atoms with Crippen molar-refractivity contribution in [1.29, 1.82) is 0 Å². The first-order valence-electron chi connectivity index (χ1n) is 9.70. The molecule has 0 aliphatic carbocycles. The largest absolute Gasteiger partial charge is 0.469 e. The number of nitrogens with one attached hydrogen (secondary N) is 1. The van der Waals surface area contributed by atoms with Gasteiger partial charge in [-0.05, 0) is 30.9 Å². The summed E-state index contributed by atoms with van der Waals surface area (Å²) in [5.74, 6) is -0.396. The number of esters is 1. The van der Waals surface area contributed by atoms with Crippen LogP contribution in [0.2, 0.25) is 0 Å². The van der Waals surface area contributed by atoms with Crippen LogP contribution in [0, 0.1) is 5.41 Å². The van der Waals surface area contributed by atoms with E-state index in [2.05, 4.69) is 35.0 Å². The lowest BCUT2D eigenvalue weighted by Crippen LogP contribution is -2.49. The van der Waals surface area contributed by atoms with Gasteiger partial charge in [0.05, 0.1) is 25.2 Å². The van der Waals surface area contributed by atoms with Crippen LogP contribution in [0.25, 0.3) is 10.9 Å². The van der Waals surface area contributed by atoms with Gasteiger partial charge in [0.25, 0.3) is 0 Å². The van der Waals surface area contributed by atoms with Crippen molar-refractivity contribution in [3.63, 3.8) is 0 Å². The number of nitrogens with zero attached hydrogens (tertiary/aromatic N) is 1. The standard InChI is InChI=1S/C21H26N2O3/c1-3-21-10-15(20(24)25-2)18-14(13-6-4-5-7-16(13)22-18)8-9-23(12-21)11-17-19(21)26-17/h4-7,15,17,19,22H,3,8-12H2,1-2H3/t15-,17+,19+,21+/m1/s1. The van der Waals surface area contributed by atoms with Crippen molar-refractivity contribution in [3.05, 3.63) is 35.5 Å². The molecule has 0 radical (unpaired) electrons. The lowest BCUT2D eigenvalue weighted by atomic mass is 9.70. The Bertz CT molecular complexity index is 860. The minimum absolute atomic E-state index is 0.0285. The number of rotatable bonds is 2. The molecule has 1 aromatic carbocycles. The van der Waals surface area contributed by atoms with E-state index in [1.165, 1.54) is 18.1 Å². The lowest BCUT2D eigenvalue weighted by Gasteiger charge is -2.40. The zero-order valence-corrected chi connectivity index (χ0v) is 15.5. The first-order chi connectivity index (χ1) is 12.6. The van der Waals surface area contributed by atoms with Gasteiger partial charge in [-0.25, -0.2) is 0 Å². The Morgan fingerprint density at radius 1 is 1.42 bits per heavy atom. The molecule has 2 aromatic rings. The van der Waals surface area contributed by atoms with Gasteiger partial charge in [-0.1, -0.05) is 25.1 Å². The van der Waals surface area contributed by atoms with Gasteiger partial charge in [0.2, 0.25) is 0 Å². The number of methoxy groups -OCH3 is 1. The Labute approximate surface area is 153 Å². The molecular formula is C21H26N2O3. The molecule has 1 aromatic heterocycles. The normalized spacial score (nSPS) is 35.6. The van der Waals surface area contributed by atoms with Gasteiger partial charge in [0.15, 0.2) is 0 Å². The van der Waals surface area contributed by atoms with Crippen molar-refractivity contribution in [2.45, 2.75) is 44.3 Å². The van der Waals surface area contributed by atoms with Gasteiger partial charge in [0.1, 0.15) is 0 Å². The van der Waals surface area contributed by atoms with Gasteiger partial charge < -0.3 is 14.5 Å². The molecule has 1 unspecified atom stereocenters. The molecule has 3 aliphatic heterocycles. The number of aromatic nitrogens is 1. The molecule has 5 atom stereocenters. The predicted molar refractivity (Wildman–Crippen MR) is 99.2 cm³/mol. The van der Waals surface area contributed by atoms with Crippen molar-refractivity contribution in [2.75, 3.05) is 26.7 Å². The van der Waals surface area contributed by atoms with Crippen molar-refractivity contribution < 1.29 is 14.3 Å². The van der Waals surface area contributed by atoms with E-state index in [0.29, 0.717) is 12.2 Å². The zero-order chi connectivity index (χ0) is 17.9. The summed E-state index contributed by atoms with van der Waals surface area (Å²) in [6, 6.07) is 8.37. The number of H-pyrrole nitrogens is 1. The number of hydrogen-bond acceptors (Lipinski definition) is 4. The molecule has 4 heterocycles. The Kier molecular flexibility index (Phi) is 3.66. The van der Waals surface area contributed by atoms with Gasteiger partial charge in [-0.15, -0.1) is 0 Å². The molecule has 5 nitrogen and oxygen atoms in total. The number of aromatic amines is 1. The number of fused-ring (bicyclic) bond motifs is 7. The van der Waals surface area contributed by atoms with E-state index in [9.17, 15) is 4.79 Å². The number of carbonyl (C=O) groups is 1. The third kappa shape index (κ3) is 2.33. The Hall–Kier alpha value is -1.85. The van der Waals surface area contributed by atoms with E-state index >= 15 is 0 Å². The van der Waals surface area contributed by atoms with E-state index in [0.717, 1.165) is 50.1 Å². The molecule has 0 spiro atoms. The van der Waals surface area contributed by atoms with Gasteiger partial charge in [0, 0.05) is 41.6 Å². The SMILES string of the molecule is CC[C@@]12C[C@@H](C(=O)OC)c3[nH]c4ccccc4c3CCN(C[C@@H]3O[C@@H]31)C2. The van der Waals surface area contributed by atoms with Crippen molar-refractivity contribution in [1.82, 2.24) is 9.88 Å². The van der Waals surface area contributed by atoms with Crippen molar-refractivity contribution in [3.8, 4) is 0 Å². The molecule has 138 valence electrons. The van der Waals surface area contributed by atoms with Crippen molar-refractivity contribution >= 4 is 16.9 Å². The van der Waals surface area contributed by atoms with Crippen LogP contribution >= 0.6 is 0 Å². The molecule has 2 bridgehead atoms. The molecule has 26 heavy (non-hydrogen) atoms. The van der Waals surface area contributed by atoms with E-state index in [1.54, 1.807) is 0 Å². The summed E-state index contributed by atoms with van der Waals surface area (Å²) in [5, 5.41) is 1.24. The Balaban J connectivity index is 1.67. The smallest absolute Gasteiger partial charge is 0.314 e. The maximum atomic E-state index is 12.8. The van der Waals surface area contributed by atoms with E-state index < -0.39 is 0 Å². The second-order valence-electron chi connectivity index (χ2n) is 8.14. The number of benzene rings is 1.